The molecule has 0 aliphatic carbocycles. The van der Waals surface area contributed by atoms with E-state index >= 15 is 0 Å². The fourth-order valence-electron chi connectivity index (χ4n) is 3.74. The molecule has 178 valence electrons. The highest BCUT2D eigenvalue weighted by atomic mass is 32.1. The van der Waals surface area contributed by atoms with Crippen LogP contribution in [0.2, 0.25) is 0 Å². The van der Waals surface area contributed by atoms with Crippen LogP contribution in [0, 0.1) is 5.82 Å². The van der Waals surface area contributed by atoms with Crippen LogP contribution in [0.3, 0.4) is 0 Å². The average molecular weight is 483 g/mol. The van der Waals surface area contributed by atoms with Crippen LogP contribution in [0.25, 0.3) is 0 Å². The summed E-state index contributed by atoms with van der Waals surface area (Å²) in [6.45, 7) is 4.46. The van der Waals surface area contributed by atoms with E-state index in [2.05, 4.69) is 30.6 Å². The normalized spacial score (nSPS) is 14.1. The summed E-state index contributed by atoms with van der Waals surface area (Å²) < 4.78 is 14.0. The molecule has 2 N–H and O–H groups in total. The van der Waals surface area contributed by atoms with Gasteiger partial charge in [-0.15, -0.1) is 10.2 Å². The Labute approximate surface area is 201 Å². The number of aromatic nitrogens is 2. The Morgan fingerprint density at radius 3 is 2.47 bits per heavy atom. The number of benzene rings is 2. The van der Waals surface area contributed by atoms with E-state index in [1.165, 1.54) is 17.4 Å². The number of hydrogen-bond donors (Lipinski definition) is 2. The molecule has 34 heavy (non-hydrogen) atoms. The molecule has 1 fully saturated rings. The first-order valence-corrected chi connectivity index (χ1v) is 12.1. The number of piperazine rings is 1. The number of halogens is 1. The predicted molar refractivity (Wildman–Crippen MR) is 131 cm³/mol. The van der Waals surface area contributed by atoms with E-state index in [9.17, 15) is 14.0 Å². The number of para-hydroxylation sites is 2. The highest BCUT2D eigenvalue weighted by molar-refractivity contribution is 7.13. The van der Waals surface area contributed by atoms with E-state index < -0.39 is 0 Å². The van der Waals surface area contributed by atoms with Gasteiger partial charge in [-0.1, -0.05) is 41.7 Å². The summed E-state index contributed by atoms with van der Waals surface area (Å²) in [5.74, 6) is -0.562. The van der Waals surface area contributed by atoms with E-state index in [-0.39, 0.29) is 29.1 Å². The third-order valence-electron chi connectivity index (χ3n) is 5.57. The molecule has 1 aromatic heterocycles. The highest BCUT2D eigenvalue weighted by Crippen LogP contribution is 2.20. The van der Waals surface area contributed by atoms with Crippen LogP contribution < -0.4 is 15.5 Å². The third kappa shape index (κ3) is 6.58. The molecule has 0 unspecified atom stereocenters. The summed E-state index contributed by atoms with van der Waals surface area (Å²) in [6.07, 6.45) is 0.722. The molecular formula is C24H27FN6O2S. The lowest BCUT2D eigenvalue weighted by Crippen LogP contribution is -2.48. The third-order valence-corrected chi connectivity index (χ3v) is 6.56. The Balaban J connectivity index is 1.13. The Morgan fingerprint density at radius 2 is 1.71 bits per heavy atom. The van der Waals surface area contributed by atoms with E-state index in [1.807, 2.05) is 30.3 Å². The number of rotatable bonds is 9. The van der Waals surface area contributed by atoms with Gasteiger partial charge in [-0.2, -0.15) is 0 Å². The van der Waals surface area contributed by atoms with Crippen molar-refractivity contribution in [2.24, 2.45) is 0 Å². The molecule has 2 heterocycles. The van der Waals surface area contributed by atoms with Crippen LogP contribution >= 0.6 is 11.3 Å². The lowest BCUT2D eigenvalue weighted by molar-refractivity contribution is -0.121. The SMILES string of the molecule is O=C(CCc1nnc(C(=O)Nc2ccccc2)s1)NCCN1CCN(c2ccccc2F)CC1. The molecule has 3 aromatic rings. The topological polar surface area (TPSA) is 90.5 Å². The summed E-state index contributed by atoms with van der Waals surface area (Å²) in [7, 11) is 0. The van der Waals surface area contributed by atoms with Crippen molar-refractivity contribution in [3.05, 3.63) is 70.4 Å². The first kappa shape index (κ1) is 23.8. The monoisotopic (exact) mass is 482 g/mol. The molecule has 10 heteroatoms. The van der Waals surface area contributed by atoms with Gasteiger partial charge in [0.05, 0.1) is 5.69 Å². The second kappa shape index (κ2) is 11.7. The molecule has 0 atom stereocenters. The first-order chi connectivity index (χ1) is 16.6. The molecule has 0 radical (unpaired) electrons. The number of nitrogens with one attached hydrogen (secondary N) is 2. The Kier molecular flexibility index (Phi) is 8.16. The fraction of sp³-hybridized carbons (Fsp3) is 0.333. The van der Waals surface area contributed by atoms with Crippen LogP contribution in [-0.4, -0.2) is 66.2 Å². The molecule has 4 rings (SSSR count). The van der Waals surface area contributed by atoms with E-state index in [0.717, 1.165) is 32.7 Å². The van der Waals surface area contributed by atoms with Crippen molar-refractivity contribution in [2.45, 2.75) is 12.8 Å². The largest absolute Gasteiger partial charge is 0.367 e. The molecule has 1 saturated heterocycles. The number of aryl methyl sites for hydroxylation is 1. The lowest BCUT2D eigenvalue weighted by Gasteiger charge is -2.36. The van der Waals surface area contributed by atoms with Crippen LogP contribution in [0.4, 0.5) is 15.8 Å². The van der Waals surface area contributed by atoms with Crippen LogP contribution in [0.1, 0.15) is 21.2 Å². The number of anilines is 2. The summed E-state index contributed by atoms with van der Waals surface area (Å²) in [5, 5.41) is 14.6. The first-order valence-electron chi connectivity index (χ1n) is 11.3. The molecule has 8 nitrogen and oxygen atoms in total. The summed E-state index contributed by atoms with van der Waals surface area (Å²) in [4.78, 5) is 28.8. The molecule has 1 aliphatic heterocycles. The minimum Gasteiger partial charge on any atom is -0.367 e. The summed E-state index contributed by atoms with van der Waals surface area (Å²) >= 11 is 1.19. The van der Waals surface area contributed by atoms with Crippen molar-refractivity contribution in [2.75, 3.05) is 49.5 Å². The molecule has 2 aromatic carbocycles. The smallest absolute Gasteiger partial charge is 0.286 e. The Hall–Kier alpha value is -3.37. The zero-order chi connectivity index (χ0) is 23.8. The average Bonchev–Trinajstić information content (AvgIpc) is 3.34. The lowest BCUT2D eigenvalue weighted by atomic mass is 10.2. The van der Waals surface area contributed by atoms with Gasteiger partial charge >= 0.3 is 0 Å². The van der Waals surface area contributed by atoms with Gasteiger partial charge in [0.15, 0.2) is 0 Å². The fourth-order valence-corrected chi connectivity index (χ4v) is 4.47. The Bertz CT molecular complexity index is 1100. The maximum absolute atomic E-state index is 14.0. The van der Waals surface area contributed by atoms with Crippen molar-refractivity contribution < 1.29 is 14.0 Å². The summed E-state index contributed by atoms with van der Waals surface area (Å²) in [6, 6.07) is 16.0. The van der Waals surface area contributed by atoms with Crippen molar-refractivity contribution in [1.29, 1.82) is 0 Å². The van der Waals surface area contributed by atoms with Gasteiger partial charge in [0.1, 0.15) is 10.8 Å². The number of carbonyl (C=O) groups excluding carboxylic acids is 2. The van der Waals surface area contributed by atoms with E-state index in [0.29, 0.717) is 29.3 Å². The summed E-state index contributed by atoms with van der Waals surface area (Å²) in [5.41, 5.74) is 1.34. The van der Waals surface area contributed by atoms with Gasteiger partial charge in [0.2, 0.25) is 10.9 Å². The van der Waals surface area contributed by atoms with E-state index in [1.54, 1.807) is 18.2 Å². The van der Waals surface area contributed by atoms with Gasteiger partial charge in [-0.25, -0.2) is 4.39 Å². The predicted octanol–water partition coefficient (Wildman–Crippen LogP) is 2.80. The van der Waals surface area contributed by atoms with Crippen molar-refractivity contribution >= 4 is 34.5 Å². The number of carbonyl (C=O) groups is 2. The number of hydrogen-bond acceptors (Lipinski definition) is 7. The van der Waals surface area contributed by atoms with Crippen molar-refractivity contribution in [3.8, 4) is 0 Å². The molecule has 0 spiro atoms. The van der Waals surface area contributed by atoms with Gasteiger partial charge in [-0.05, 0) is 24.3 Å². The Morgan fingerprint density at radius 1 is 0.971 bits per heavy atom. The van der Waals surface area contributed by atoms with Crippen molar-refractivity contribution in [3.63, 3.8) is 0 Å². The van der Waals surface area contributed by atoms with Crippen LogP contribution in [-0.2, 0) is 11.2 Å². The second-order valence-electron chi connectivity index (χ2n) is 7.95. The van der Waals surface area contributed by atoms with Gasteiger partial charge in [0, 0.05) is 57.8 Å². The maximum Gasteiger partial charge on any atom is 0.286 e. The van der Waals surface area contributed by atoms with Crippen LogP contribution in [0.5, 0.6) is 0 Å². The molecule has 2 amide bonds. The minimum absolute atomic E-state index is 0.0597. The zero-order valence-electron chi connectivity index (χ0n) is 18.7. The number of amides is 2. The van der Waals surface area contributed by atoms with Gasteiger partial charge in [0.25, 0.3) is 5.91 Å². The van der Waals surface area contributed by atoms with Gasteiger partial charge < -0.3 is 15.5 Å². The maximum atomic E-state index is 14.0. The number of nitrogens with zero attached hydrogens (tertiary/aromatic N) is 4. The quantitative estimate of drug-likeness (QED) is 0.488. The van der Waals surface area contributed by atoms with E-state index in [4.69, 9.17) is 0 Å². The van der Waals surface area contributed by atoms with Crippen LogP contribution in [0.15, 0.2) is 54.6 Å². The van der Waals surface area contributed by atoms with Gasteiger partial charge in [-0.3, -0.25) is 14.5 Å². The highest BCUT2D eigenvalue weighted by Gasteiger charge is 2.19. The second-order valence-corrected chi connectivity index (χ2v) is 9.01. The standard InChI is InChI=1S/C24H27FN6O2S/c25-19-8-4-5-9-20(19)31-16-14-30(15-17-31)13-12-26-21(32)10-11-22-28-29-24(34-22)23(33)27-18-6-2-1-3-7-18/h1-9H,10-17H2,(H,26,32)(H,27,33). The molecule has 1 aliphatic rings. The zero-order valence-corrected chi connectivity index (χ0v) is 19.6. The molecule has 0 bridgehead atoms. The van der Waals surface area contributed by atoms with Crippen molar-refractivity contribution in [1.82, 2.24) is 20.4 Å². The minimum atomic E-state index is -0.311. The molecule has 0 saturated carbocycles. The molecular weight excluding hydrogens is 455 g/mol.